The van der Waals surface area contributed by atoms with E-state index in [1.54, 1.807) is 12.1 Å². The van der Waals surface area contributed by atoms with E-state index in [4.69, 9.17) is 10.2 Å². The molecule has 0 aliphatic carbocycles. The molecule has 0 bridgehead atoms. The number of rotatable bonds is 4. The van der Waals surface area contributed by atoms with Gasteiger partial charge in [-0.2, -0.15) is 5.56 Å². The number of aromatic hydroxyl groups is 2. The van der Waals surface area contributed by atoms with E-state index in [0.717, 1.165) is 18.4 Å². The van der Waals surface area contributed by atoms with E-state index in [1.165, 1.54) is 12.8 Å². The smallest absolute Gasteiger partial charge is 0.00777 e. The topological polar surface area (TPSA) is 40.5 Å². The molecule has 1 radical (unpaired) electrons. The van der Waals surface area contributed by atoms with Crippen molar-refractivity contribution in [1.82, 2.24) is 0 Å². The number of aryl methyl sites for hydroxylation is 1. The van der Waals surface area contributed by atoms with Gasteiger partial charge in [-0.3, -0.25) is 0 Å². The molecule has 1 aromatic rings. The summed E-state index contributed by atoms with van der Waals surface area (Å²) in [4.78, 5) is 0. The van der Waals surface area contributed by atoms with Crippen molar-refractivity contribution in [3.63, 3.8) is 0 Å². The molecule has 0 unspecified atom stereocenters. The van der Waals surface area contributed by atoms with Crippen molar-refractivity contribution in [2.45, 2.75) is 32.6 Å². The van der Waals surface area contributed by atoms with Gasteiger partial charge >= 0.3 is 0 Å². The molecule has 0 aliphatic heterocycles. The number of benzene rings is 1. The van der Waals surface area contributed by atoms with Gasteiger partial charge in [-0.1, -0.05) is 38.7 Å². The second-order valence-electron chi connectivity index (χ2n) is 3.22. The zero-order chi connectivity index (χ0) is 9.68. The van der Waals surface area contributed by atoms with E-state index < -0.39 is 0 Å². The molecule has 75 valence electrons. The van der Waals surface area contributed by atoms with E-state index >= 15 is 0 Å². The van der Waals surface area contributed by atoms with E-state index in [0.29, 0.717) is 0 Å². The van der Waals surface area contributed by atoms with Crippen LogP contribution in [0.2, 0.25) is 0 Å². The minimum Gasteiger partial charge on any atom is -0.534 e. The summed E-state index contributed by atoms with van der Waals surface area (Å²) < 4.78 is 0. The van der Waals surface area contributed by atoms with Gasteiger partial charge in [-0.05, 0) is 0 Å². The maximum atomic E-state index is 9.13. The van der Waals surface area contributed by atoms with Gasteiger partial charge in [0, 0.05) is 44.2 Å². The van der Waals surface area contributed by atoms with Crippen LogP contribution in [0.15, 0.2) is 12.1 Å². The molecule has 0 spiro atoms. The minimum atomic E-state index is 0. The minimum absolute atomic E-state index is 0. The summed E-state index contributed by atoms with van der Waals surface area (Å²) >= 11 is 0. The van der Waals surface area contributed by atoms with Gasteiger partial charge in [0.2, 0.25) is 0 Å². The van der Waals surface area contributed by atoms with Gasteiger partial charge in [0.25, 0.3) is 0 Å². The van der Waals surface area contributed by atoms with Crippen LogP contribution in [0.1, 0.15) is 31.7 Å². The molecular weight excluding hydrogens is 253 g/mol. The average molecular weight is 268 g/mol. The fourth-order valence-corrected chi connectivity index (χ4v) is 1.32. The number of hydrogen-bond acceptors (Lipinski definition) is 2. The van der Waals surface area contributed by atoms with Gasteiger partial charge < -0.3 is 10.2 Å². The zero-order valence-corrected chi connectivity index (χ0v) is 11.3. The Kier molecular flexibility index (Phi) is 7.21. The van der Waals surface area contributed by atoms with Crippen molar-refractivity contribution >= 4 is 0 Å². The number of unbranched alkanes of at least 4 members (excludes halogenated alkanes) is 2. The Bertz CT molecular complexity index is 254. The molecule has 2 N–H and O–H groups in total. The van der Waals surface area contributed by atoms with Crippen molar-refractivity contribution in [3.05, 3.63) is 23.8 Å². The van der Waals surface area contributed by atoms with Gasteiger partial charge in [-0.25, -0.2) is 0 Å². The van der Waals surface area contributed by atoms with Crippen LogP contribution in [-0.2, 0) is 39.1 Å². The molecule has 1 rings (SSSR count). The SMILES string of the molecule is CCCCCc1cc(O)[c-]c(O)c1.[Y]. The third-order valence-corrected chi connectivity index (χ3v) is 1.97. The molecular formula is C11H15O2Y-. The molecule has 0 heterocycles. The van der Waals surface area contributed by atoms with Crippen LogP contribution in [0.5, 0.6) is 11.5 Å². The van der Waals surface area contributed by atoms with Crippen molar-refractivity contribution < 1.29 is 42.9 Å². The fraction of sp³-hybridized carbons (Fsp3) is 0.455. The second kappa shape index (κ2) is 7.25. The first kappa shape index (κ1) is 13.9. The van der Waals surface area contributed by atoms with Crippen LogP contribution in [0.3, 0.4) is 0 Å². The summed E-state index contributed by atoms with van der Waals surface area (Å²) in [6.07, 6.45) is 4.36. The van der Waals surface area contributed by atoms with E-state index in [2.05, 4.69) is 13.0 Å². The Morgan fingerprint density at radius 1 is 1.14 bits per heavy atom. The quantitative estimate of drug-likeness (QED) is 0.651. The maximum Gasteiger partial charge on any atom is 0.00777 e. The van der Waals surface area contributed by atoms with Crippen LogP contribution >= 0.6 is 0 Å². The van der Waals surface area contributed by atoms with E-state index in [-0.39, 0.29) is 44.2 Å². The fourth-order valence-electron chi connectivity index (χ4n) is 1.32. The van der Waals surface area contributed by atoms with Crippen LogP contribution < -0.4 is 0 Å². The predicted octanol–water partition coefficient (Wildman–Crippen LogP) is 2.63. The van der Waals surface area contributed by atoms with E-state index in [9.17, 15) is 0 Å². The Hall–Kier alpha value is -0.0761. The Labute approximate surface area is 110 Å². The largest absolute Gasteiger partial charge is 0.534 e. The maximum absolute atomic E-state index is 9.13. The standard InChI is InChI=1S/C11H15O2.Y/c1-2-3-4-5-9-6-10(12)8-11(13)7-9;/h6-7,12-13H,2-5H2,1H3;/q-1;. The molecule has 0 aliphatic rings. The molecule has 0 aromatic heterocycles. The molecule has 1 aromatic carbocycles. The summed E-state index contributed by atoms with van der Waals surface area (Å²) in [5.74, 6) is 0.0398. The summed E-state index contributed by atoms with van der Waals surface area (Å²) in [6, 6.07) is 5.71. The summed E-state index contributed by atoms with van der Waals surface area (Å²) in [5.41, 5.74) is 0.974. The summed E-state index contributed by atoms with van der Waals surface area (Å²) in [5, 5.41) is 18.3. The van der Waals surface area contributed by atoms with E-state index in [1.807, 2.05) is 0 Å². The van der Waals surface area contributed by atoms with Crippen LogP contribution in [0.4, 0.5) is 0 Å². The first-order chi connectivity index (χ1) is 6.22. The van der Waals surface area contributed by atoms with Gasteiger partial charge in [0.1, 0.15) is 0 Å². The molecule has 14 heavy (non-hydrogen) atoms. The molecule has 0 saturated carbocycles. The second-order valence-corrected chi connectivity index (χ2v) is 3.22. The first-order valence-corrected chi connectivity index (χ1v) is 4.66. The monoisotopic (exact) mass is 268 g/mol. The van der Waals surface area contributed by atoms with Crippen molar-refractivity contribution in [2.75, 3.05) is 0 Å². The van der Waals surface area contributed by atoms with Crippen molar-refractivity contribution in [1.29, 1.82) is 0 Å². The molecule has 3 heteroatoms. The molecule has 0 saturated heterocycles. The Morgan fingerprint density at radius 3 is 2.21 bits per heavy atom. The third kappa shape index (κ3) is 4.97. The van der Waals surface area contributed by atoms with Gasteiger partial charge in [0.15, 0.2) is 0 Å². The van der Waals surface area contributed by atoms with Crippen molar-refractivity contribution in [3.8, 4) is 11.5 Å². The van der Waals surface area contributed by atoms with Gasteiger partial charge in [0.05, 0.1) is 0 Å². The van der Waals surface area contributed by atoms with Crippen LogP contribution in [0.25, 0.3) is 0 Å². The Morgan fingerprint density at radius 2 is 1.71 bits per heavy atom. The molecule has 0 fully saturated rings. The molecule has 0 atom stereocenters. The summed E-state index contributed by atoms with van der Waals surface area (Å²) in [7, 11) is 0. The van der Waals surface area contributed by atoms with Gasteiger partial charge in [-0.15, -0.1) is 12.1 Å². The number of phenols is 2. The summed E-state index contributed by atoms with van der Waals surface area (Å²) in [6.45, 7) is 2.15. The molecule has 2 nitrogen and oxygen atoms in total. The normalized spacial score (nSPS) is 9.50. The third-order valence-electron chi connectivity index (χ3n) is 1.97. The van der Waals surface area contributed by atoms with Crippen LogP contribution in [0, 0.1) is 6.07 Å². The zero-order valence-electron chi connectivity index (χ0n) is 8.45. The number of phenolic OH excluding ortho intramolecular Hbond substituents is 2. The Balaban J connectivity index is 0.00000169. The van der Waals surface area contributed by atoms with Crippen molar-refractivity contribution in [2.24, 2.45) is 0 Å². The van der Waals surface area contributed by atoms with Crippen LogP contribution in [-0.4, -0.2) is 10.2 Å². The molecule has 0 amide bonds. The predicted molar refractivity (Wildman–Crippen MR) is 51.8 cm³/mol. The average Bonchev–Trinajstić information content (AvgIpc) is 2.03. The first-order valence-electron chi connectivity index (χ1n) is 4.66. The number of hydrogen-bond donors (Lipinski definition) is 2.